The van der Waals surface area contributed by atoms with Crippen LogP contribution in [0.2, 0.25) is 0 Å². The minimum Gasteiger partial charge on any atom is -0.489 e. The molecule has 3 rings (SSSR count). The van der Waals surface area contributed by atoms with Crippen molar-refractivity contribution in [1.82, 2.24) is 0 Å². The van der Waals surface area contributed by atoms with Crippen molar-refractivity contribution >= 4 is 0 Å². The molecule has 3 aromatic rings. The molecular formula is C19H18O2. The van der Waals surface area contributed by atoms with Gasteiger partial charge in [-0.1, -0.05) is 35.9 Å². The highest BCUT2D eigenvalue weighted by atomic mass is 16.5. The summed E-state index contributed by atoms with van der Waals surface area (Å²) in [6.45, 7) is 4.71. The SMILES string of the molecule is Cc1ccc(OCc2cccc(-c3ccco3)c2)c(C)c1. The van der Waals surface area contributed by atoms with E-state index in [4.69, 9.17) is 9.15 Å². The third kappa shape index (κ3) is 3.16. The second kappa shape index (κ2) is 5.88. The second-order valence-corrected chi connectivity index (χ2v) is 5.24. The van der Waals surface area contributed by atoms with E-state index in [0.29, 0.717) is 6.61 Å². The van der Waals surface area contributed by atoms with Crippen molar-refractivity contribution in [2.45, 2.75) is 20.5 Å². The average molecular weight is 278 g/mol. The van der Waals surface area contributed by atoms with Crippen LogP contribution in [0.5, 0.6) is 5.75 Å². The van der Waals surface area contributed by atoms with Gasteiger partial charge in [-0.25, -0.2) is 0 Å². The van der Waals surface area contributed by atoms with Crippen molar-refractivity contribution in [1.29, 1.82) is 0 Å². The normalized spacial score (nSPS) is 10.6. The Kier molecular flexibility index (Phi) is 3.78. The number of hydrogen-bond donors (Lipinski definition) is 0. The lowest BCUT2D eigenvalue weighted by molar-refractivity contribution is 0.304. The van der Waals surface area contributed by atoms with Gasteiger partial charge in [0.25, 0.3) is 0 Å². The van der Waals surface area contributed by atoms with E-state index in [9.17, 15) is 0 Å². The van der Waals surface area contributed by atoms with Crippen molar-refractivity contribution in [2.75, 3.05) is 0 Å². The molecule has 0 fully saturated rings. The minimum absolute atomic E-state index is 0.554. The molecule has 0 aliphatic heterocycles. The quantitative estimate of drug-likeness (QED) is 0.659. The summed E-state index contributed by atoms with van der Waals surface area (Å²) >= 11 is 0. The fourth-order valence-electron chi connectivity index (χ4n) is 2.38. The minimum atomic E-state index is 0.554. The van der Waals surface area contributed by atoms with Crippen molar-refractivity contribution in [3.8, 4) is 17.1 Å². The number of rotatable bonds is 4. The molecule has 0 amide bonds. The highest BCUT2D eigenvalue weighted by molar-refractivity contribution is 5.58. The van der Waals surface area contributed by atoms with Gasteiger partial charge in [-0.2, -0.15) is 0 Å². The Morgan fingerprint density at radius 1 is 0.952 bits per heavy atom. The highest BCUT2D eigenvalue weighted by Crippen LogP contribution is 2.23. The molecular weight excluding hydrogens is 260 g/mol. The van der Waals surface area contributed by atoms with Crippen LogP contribution in [0.15, 0.2) is 65.3 Å². The van der Waals surface area contributed by atoms with Gasteiger partial charge in [0.2, 0.25) is 0 Å². The topological polar surface area (TPSA) is 22.4 Å². The highest BCUT2D eigenvalue weighted by Gasteiger charge is 2.04. The van der Waals surface area contributed by atoms with E-state index in [2.05, 4.69) is 38.1 Å². The summed E-state index contributed by atoms with van der Waals surface area (Å²) in [4.78, 5) is 0. The van der Waals surface area contributed by atoms with E-state index >= 15 is 0 Å². The van der Waals surface area contributed by atoms with Gasteiger partial charge in [-0.3, -0.25) is 0 Å². The molecule has 0 saturated heterocycles. The lowest BCUT2D eigenvalue weighted by atomic mass is 10.1. The van der Waals surface area contributed by atoms with Crippen molar-refractivity contribution in [3.63, 3.8) is 0 Å². The maximum absolute atomic E-state index is 5.92. The smallest absolute Gasteiger partial charge is 0.133 e. The maximum atomic E-state index is 5.92. The summed E-state index contributed by atoms with van der Waals surface area (Å²) in [5.41, 5.74) is 4.61. The summed E-state index contributed by atoms with van der Waals surface area (Å²) in [6.07, 6.45) is 1.69. The van der Waals surface area contributed by atoms with Crippen LogP contribution in [0.3, 0.4) is 0 Å². The van der Waals surface area contributed by atoms with E-state index < -0.39 is 0 Å². The molecule has 0 N–H and O–H groups in total. The molecule has 2 nitrogen and oxygen atoms in total. The Balaban J connectivity index is 1.75. The first-order valence-electron chi connectivity index (χ1n) is 7.05. The van der Waals surface area contributed by atoms with Gasteiger partial charge in [-0.05, 0) is 49.2 Å². The number of aryl methyl sites for hydroxylation is 2. The Labute approximate surface area is 125 Å². The van der Waals surface area contributed by atoms with Gasteiger partial charge in [0.1, 0.15) is 18.1 Å². The first-order chi connectivity index (χ1) is 10.2. The predicted octanol–water partition coefficient (Wildman–Crippen LogP) is 5.14. The van der Waals surface area contributed by atoms with Crippen LogP contribution < -0.4 is 4.74 Å². The van der Waals surface area contributed by atoms with Crippen LogP contribution in [0, 0.1) is 13.8 Å². The van der Waals surface area contributed by atoms with Gasteiger partial charge in [-0.15, -0.1) is 0 Å². The van der Waals surface area contributed by atoms with Crippen molar-refractivity contribution in [2.24, 2.45) is 0 Å². The van der Waals surface area contributed by atoms with E-state index in [0.717, 1.165) is 28.2 Å². The van der Waals surface area contributed by atoms with Crippen LogP contribution in [0.1, 0.15) is 16.7 Å². The Hall–Kier alpha value is -2.48. The van der Waals surface area contributed by atoms with Gasteiger partial charge in [0, 0.05) is 5.56 Å². The van der Waals surface area contributed by atoms with Gasteiger partial charge in [0.15, 0.2) is 0 Å². The molecule has 0 atom stereocenters. The van der Waals surface area contributed by atoms with Crippen molar-refractivity contribution < 1.29 is 9.15 Å². The van der Waals surface area contributed by atoms with Gasteiger partial charge in [0.05, 0.1) is 6.26 Å². The summed E-state index contributed by atoms with van der Waals surface area (Å²) in [5, 5.41) is 0. The lowest BCUT2D eigenvalue weighted by Gasteiger charge is -2.10. The van der Waals surface area contributed by atoms with Gasteiger partial charge >= 0.3 is 0 Å². The number of benzene rings is 2. The van der Waals surface area contributed by atoms with Crippen LogP contribution in [0.25, 0.3) is 11.3 Å². The molecule has 0 spiro atoms. The van der Waals surface area contributed by atoms with E-state index in [-0.39, 0.29) is 0 Å². The molecule has 1 heterocycles. The first-order valence-corrected chi connectivity index (χ1v) is 7.05. The first kappa shape index (κ1) is 13.5. The Bertz CT molecular complexity index is 727. The third-order valence-electron chi connectivity index (χ3n) is 3.46. The summed E-state index contributed by atoms with van der Waals surface area (Å²) in [6, 6.07) is 18.3. The summed E-state index contributed by atoms with van der Waals surface area (Å²) in [5.74, 6) is 1.81. The van der Waals surface area contributed by atoms with Crippen LogP contribution >= 0.6 is 0 Å². The van der Waals surface area contributed by atoms with Crippen LogP contribution in [-0.4, -0.2) is 0 Å². The monoisotopic (exact) mass is 278 g/mol. The number of hydrogen-bond acceptors (Lipinski definition) is 2. The largest absolute Gasteiger partial charge is 0.489 e. The molecule has 2 heteroatoms. The zero-order valence-corrected chi connectivity index (χ0v) is 12.3. The molecule has 0 saturated carbocycles. The van der Waals surface area contributed by atoms with Crippen LogP contribution in [0.4, 0.5) is 0 Å². The molecule has 0 aliphatic carbocycles. The fraction of sp³-hybridized carbons (Fsp3) is 0.158. The molecule has 0 unspecified atom stereocenters. The zero-order valence-electron chi connectivity index (χ0n) is 12.3. The number of furan rings is 1. The fourth-order valence-corrected chi connectivity index (χ4v) is 2.38. The molecule has 106 valence electrons. The second-order valence-electron chi connectivity index (χ2n) is 5.24. The Morgan fingerprint density at radius 3 is 2.62 bits per heavy atom. The zero-order chi connectivity index (χ0) is 14.7. The standard InChI is InChI=1S/C19H18O2/c1-14-8-9-18(15(2)11-14)21-13-16-5-3-6-17(12-16)19-7-4-10-20-19/h3-12H,13H2,1-2H3. The molecule has 1 aromatic heterocycles. The maximum Gasteiger partial charge on any atom is 0.133 e. The van der Waals surface area contributed by atoms with E-state index in [1.54, 1.807) is 6.26 Å². The molecule has 0 radical (unpaired) electrons. The average Bonchev–Trinajstić information content (AvgIpc) is 3.01. The third-order valence-corrected chi connectivity index (χ3v) is 3.46. The number of ether oxygens (including phenoxy) is 1. The Morgan fingerprint density at radius 2 is 1.86 bits per heavy atom. The molecule has 0 bridgehead atoms. The summed E-state index contributed by atoms with van der Waals surface area (Å²) in [7, 11) is 0. The predicted molar refractivity (Wildman–Crippen MR) is 84.4 cm³/mol. The summed E-state index contributed by atoms with van der Waals surface area (Å²) < 4.78 is 11.3. The molecule has 2 aromatic carbocycles. The lowest BCUT2D eigenvalue weighted by Crippen LogP contribution is -1.97. The van der Waals surface area contributed by atoms with E-state index in [1.165, 1.54) is 5.56 Å². The van der Waals surface area contributed by atoms with E-state index in [1.807, 2.05) is 30.3 Å². The molecule has 21 heavy (non-hydrogen) atoms. The molecule has 0 aliphatic rings. The van der Waals surface area contributed by atoms with Crippen molar-refractivity contribution in [3.05, 3.63) is 77.6 Å². The van der Waals surface area contributed by atoms with Crippen LogP contribution in [-0.2, 0) is 6.61 Å². The van der Waals surface area contributed by atoms with Gasteiger partial charge < -0.3 is 9.15 Å².